The van der Waals surface area contributed by atoms with Gasteiger partial charge in [0.25, 0.3) is 0 Å². The van der Waals surface area contributed by atoms with Gasteiger partial charge in [-0.3, -0.25) is 0 Å². The van der Waals surface area contributed by atoms with Crippen molar-refractivity contribution in [2.45, 2.75) is 27.2 Å². The van der Waals surface area contributed by atoms with Crippen LogP contribution in [0.1, 0.15) is 47.1 Å². The Balaban J connectivity index is 2.29. The summed E-state index contributed by atoms with van der Waals surface area (Å²) in [6, 6.07) is 15.6. The Bertz CT molecular complexity index is 1560. The molecule has 0 saturated heterocycles. The van der Waals surface area contributed by atoms with Gasteiger partial charge in [-0.25, -0.2) is 23.9 Å². The second-order valence-electron chi connectivity index (χ2n) is 8.59. The van der Waals surface area contributed by atoms with Crippen LogP contribution in [0.5, 0.6) is 0 Å². The number of nitrogens with one attached hydrogen (secondary N) is 2. The SMILES string of the molecule is C=C/C=C(\C=C/C)n1c(N/C(C)=C\Cc2ccccc2)c(C(=O)OCC)c(Nc2ccccc2C(=O)OF)nc1=O. The molecule has 9 nitrogen and oxygen atoms in total. The maximum Gasteiger partial charge on any atom is 0.381 e. The fraction of sp³-hybridized carbons (Fsp3) is 0.161. The number of hydrogen-bond donors (Lipinski definition) is 2. The zero-order chi connectivity index (χ0) is 29.8. The predicted molar refractivity (Wildman–Crippen MR) is 158 cm³/mol. The number of halogens is 1. The Labute approximate surface area is 237 Å². The van der Waals surface area contributed by atoms with Crippen LogP contribution in [0.4, 0.5) is 21.8 Å². The Hall–Kier alpha value is -5.25. The number of nitrogens with zero attached hydrogens (tertiary/aromatic N) is 2. The van der Waals surface area contributed by atoms with Crippen LogP contribution in [0, 0.1) is 0 Å². The number of benzene rings is 2. The van der Waals surface area contributed by atoms with Gasteiger partial charge in [0.05, 0.1) is 23.6 Å². The highest BCUT2D eigenvalue weighted by Crippen LogP contribution is 2.30. The van der Waals surface area contributed by atoms with Crippen molar-refractivity contribution in [3.8, 4) is 0 Å². The number of carbonyl (C=O) groups excluding carboxylic acids is 2. The van der Waals surface area contributed by atoms with E-state index in [1.807, 2.05) is 36.4 Å². The van der Waals surface area contributed by atoms with Crippen LogP contribution in [0.3, 0.4) is 0 Å². The van der Waals surface area contributed by atoms with Crippen molar-refractivity contribution in [3.05, 3.63) is 124 Å². The van der Waals surface area contributed by atoms with E-state index < -0.39 is 17.6 Å². The quantitative estimate of drug-likeness (QED) is 0.195. The third kappa shape index (κ3) is 7.66. The fourth-order valence-electron chi connectivity index (χ4n) is 3.92. The van der Waals surface area contributed by atoms with Crippen molar-refractivity contribution in [1.82, 2.24) is 9.55 Å². The van der Waals surface area contributed by atoms with Crippen LogP contribution in [0.2, 0.25) is 0 Å². The summed E-state index contributed by atoms with van der Waals surface area (Å²) in [6.45, 7) is 8.97. The smallest absolute Gasteiger partial charge is 0.381 e. The molecule has 3 aromatic rings. The van der Waals surface area contributed by atoms with E-state index >= 15 is 0 Å². The number of esters is 1. The molecule has 0 spiro atoms. The second-order valence-corrected chi connectivity index (χ2v) is 8.59. The minimum absolute atomic E-state index is 0.0364. The van der Waals surface area contributed by atoms with E-state index in [1.54, 1.807) is 45.1 Å². The number of ether oxygens (including phenoxy) is 1. The van der Waals surface area contributed by atoms with Crippen molar-refractivity contribution in [2.24, 2.45) is 0 Å². The monoisotopic (exact) mass is 558 g/mol. The molecule has 0 fully saturated rings. The molecular formula is C31H31FN4O5. The van der Waals surface area contributed by atoms with Gasteiger partial charge in [-0.2, -0.15) is 4.98 Å². The molecule has 0 bridgehead atoms. The molecule has 2 N–H and O–H groups in total. The minimum Gasteiger partial charge on any atom is -0.462 e. The number of hydrogen-bond acceptors (Lipinski definition) is 8. The third-order valence-corrected chi connectivity index (χ3v) is 5.73. The average Bonchev–Trinajstić information content (AvgIpc) is 2.96. The highest BCUT2D eigenvalue weighted by atomic mass is 19.3. The zero-order valence-corrected chi connectivity index (χ0v) is 23.0. The second kappa shape index (κ2) is 14.8. The first-order valence-electron chi connectivity index (χ1n) is 12.8. The van der Waals surface area contributed by atoms with E-state index in [0.29, 0.717) is 17.8 Å². The molecular weight excluding hydrogens is 527 g/mol. The molecule has 0 amide bonds. The summed E-state index contributed by atoms with van der Waals surface area (Å²) in [5.41, 5.74) is 1.07. The van der Waals surface area contributed by atoms with E-state index in [0.717, 1.165) is 5.56 Å². The van der Waals surface area contributed by atoms with E-state index in [1.165, 1.54) is 28.8 Å². The van der Waals surface area contributed by atoms with Crippen molar-refractivity contribution in [2.75, 3.05) is 17.2 Å². The highest BCUT2D eigenvalue weighted by Gasteiger charge is 2.27. The Morgan fingerprint density at radius 1 is 1.10 bits per heavy atom. The van der Waals surface area contributed by atoms with Crippen LogP contribution in [0.25, 0.3) is 5.70 Å². The highest BCUT2D eigenvalue weighted by molar-refractivity contribution is 6.03. The van der Waals surface area contributed by atoms with Gasteiger partial charge >= 0.3 is 17.6 Å². The number of carbonyl (C=O) groups is 2. The molecule has 2 aromatic carbocycles. The topological polar surface area (TPSA) is 112 Å². The summed E-state index contributed by atoms with van der Waals surface area (Å²) >= 11 is 0. The molecule has 1 heterocycles. The number of aromatic nitrogens is 2. The van der Waals surface area contributed by atoms with Crippen molar-refractivity contribution >= 4 is 35.0 Å². The first-order chi connectivity index (χ1) is 19.8. The summed E-state index contributed by atoms with van der Waals surface area (Å²) in [6.07, 6.45) is 8.96. The summed E-state index contributed by atoms with van der Waals surface area (Å²) < 4.78 is 19.4. The summed E-state index contributed by atoms with van der Waals surface area (Å²) in [7, 11) is 0. The van der Waals surface area contributed by atoms with E-state index in [4.69, 9.17) is 4.74 Å². The number of para-hydroxylation sites is 1. The molecule has 10 heteroatoms. The first kappa shape index (κ1) is 30.3. The Kier molecular flexibility index (Phi) is 10.9. The van der Waals surface area contributed by atoms with Crippen LogP contribution >= 0.6 is 0 Å². The van der Waals surface area contributed by atoms with Crippen LogP contribution in [0.15, 0.2) is 102 Å². The third-order valence-electron chi connectivity index (χ3n) is 5.73. The average molecular weight is 559 g/mol. The van der Waals surface area contributed by atoms with Gasteiger partial charge in [-0.15, -0.1) is 0 Å². The maximum absolute atomic E-state index is 13.6. The van der Waals surface area contributed by atoms with Crippen LogP contribution in [-0.4, -0.2) is 28.1 Å². The molecule has 41 heavy (non-hydrogen) atoms. The van der Waals surface area contributed by atoms with Gasteiger partial charge in [-0.05, 0) is 57.0 Å². The standard InChI is InChI=1S/C31H31FN4O5/c1-5-13-23(14-6-2)36-28(33-21(4)19-20-22-15-9-8-10-16-22)26(30(38)40-7-3)27(35-31(36)39)34-25-18-12-11-17-24(25)29(37)41-32/h5-6,8-19,33H,1,7,20H2,2-4H3,(H,34,35,39)/b14-6-,21-19-,23-13+. The molecule has 0 aliphatic heterocycles. The van der Waals surface area contributed by atoms with Gasteiger partial charge in [0, 0.05) is 10.2 Å². The summed E-state index contributed by atoms with van der Waals surface area (Å²) in [5, 5.41) is 6.01. The lowest BCUT2D eigenvalue weighted by Crippen LogP contribution is -2.29. The summed E-state index contributed by atoms with van der Waals surface area (Å²) in [4.78, 5) is 46.5. The van der Waals surface area contributed by atoms with Crippen LogP contribution < -0.4 is 16.3 Å². The molecule has 0 aliphatic rings. The predicted octanol–water partition coefficient (Wildman–Crippen LogP) is 6.37. The lowest BCUT2D eigenvalue weighted by Gasteiger charge is -2.21. The largest absolute Gasteiger partial charge is 0.462 e. The molecule has 0 saturated carbocycles. The summed E-state index contributed by atoms with van der Waals surface area (Å²) in [5.74, 6) is -2.20. The van der Waals surface area contributed by atoms with E-state index in [9.17, 15) is 18.9 Å². The molecule has 212 valence electrons. The fourth-order valence-corrected chi connectivity index (χ4v) is 3.92. The Morgan fingerprint density at radius 3 is 2.46 bits per heavy atom. The molecule has 3 rings (SSSR count). The molecule has 0 radical (unpaired) electrons. The van der Waals surface area contributed by atoms with E-state index in [2.05, 4.69) is 27.1 Å². The van der Waals surface area contributed by atoms with Gasteiger partial charge in [0.1, 0.15) is 11.4 Å². The molecule has 0 atom stereocenters. The maximum atomic E-state index is 13.6. The van der Waals surface area contributed by atoms with Gasteiger partial charge in [0.2, 0.25) is 0 Å². The first-order valence-corrected chi connectivity index (χ1v) is 12.8. The lowest BCUT2D eigenvalue weighted by molar-refractivity contribution is -0.0787. The Morgan fingerprint density at radius 2 is 1.80 bits per heavy atom. The van der Waals surface area contributed by atoms with Crippen LogP contribution in [-0.2, 0) is 16.1 Å². The van der Waals surface area contributed by atoms with Gasteiger partial charge in [-0.1, -0.05) is 67.3 Å². The van der Waals surface area contributed by atoms with Gasteiger partial charge < -0.3 is 15.4 Å². The number of rotatable bonds is 12. The zero-order valence-electron chi connectivity index (χ0n) is 23.0. The molecule has 0 aliphatic carbocycles. The van der Waals surface area contributed by atoms with Gasteiger partial charge in [0.15, 0.2) is 5.82 Å². The molecule has 0 unspecified atom stereocenters. The molecule has 1 aromatic heterocycles. The van der Waals surface area contributed by atoms with Crippen molar-refractivity contribution in [1.29, 1.82) is 0 Å². The minimum atomic E-state index is -1.26. The lowest BCUT2D eigenvalue weighted by atomic mass is 10.1. The van der Waals surface area contributed by atoms with Crippen molar-refractivity contribution < 1.29 is 23.8 Å². The number of allylic oxidation sites excluding steroid dienone is 7. The van der Waals surface area contributed by atoms with E-state index in [-0.39, 0.29) is 35.1 Å². The number of anilines is 3. The normalized spacial score (nSPS) is 11.7. The van der Waals surface area contributed by atoms with Crippen molar-refractivity contribution in [3.63, 3.8) is 0 Å².